The fourth-order valence-electron chi connectivity index (χ4n) is 1.61. The van der Waals surface area contributed by atoms with E-state index in [0.717, 1.165) is 11.8 Å². The lowest BCUT2D eigenvalue weighted by Crippen LogP contribution is -2.12. The minimum absolute atomic E-state index is 0.182. The topological polar surface area (TPSA) is 136 Å². The molecule has 1 aromatic carbocycles. The Morgan fingerprint density at radius 1 is 1.39 bits per heavy atom. The summed E-state index contributed by atoms with van der Waals surface area (Å²) in [5, 5.41) is 20.4. The third kappa shape index (κ3) is 4.12. The molecule has 9 heteroatoms. The van der Waals surface area contributed by atoms with Gasteiger partial charge in [0, 0.05) is 18.5 Å². The third-order valence-corrected chi connectivity index (χ3v) is 3.58. The molecule has 0 saturated heterocycles. The number of aromatic nitrogens is 2. The standard InChI is InChI=1S/C14H9N5O3S/c15-8-10(13(16)20)6-9-2-3-12(11(7-9)19(21)22)23-14-17-4-1-5-18-14/h1-7H,(H2,16,20). The first-order valence-corrected chi connectivity index (χ1v) is 6.98. The van der Waals surface area contributed by atoms with E-state index in [4.69, 9.17) is 11.0 Å². The maximum Gasteiger partial charge on any atom is 0.283 e. The Morgan fingerprint density at radius 2 is 2.09 bits per heavy atom. The molecule has 0 unspecified atom stereocenters. The number of nitrogens with two attached hydrogens (primary N) is 1. The van der Waals surface area contributed by atoms with Gasteiger partial charge in [0.25, 0.3) is 11.6 Å². The van der Waals surface area contributed by atoms with E-state index in [1.54, 1.807) is 18.2 Å². The molecule has 0 aliphatic heterocycles. The van der Waals surface area contributed by atoms with E-state index in [1.165, 1.54) is 30.6 Å². The van der Waals surface area contributed by atoms with Crippen molar-refractivity contribution < 1.29 is 9.72 Å². The molecule has 23 heavy (non-hydrogen) atoms. The molecule has 0 fully saturated rings. The number of hydrogen-bond acceptors (Lipinski definition) is 7. The van der Waals surface area contributed by atoms with E-state index >= 15 is 0 Å². The van der Waals surface area contributed by atoms with Crippen LogP contribution >= 0.6 is 11.8 Å². The lowest BCUT2D eigenvalue weighted by atomic mass is 10.1. The molecular formula is C14H9N5O3S. The summed E-state index contributed by atoms with van der Waals surface area (Å²) in [7, 11) is 0. The van der Waals surface area contributed by atoms with Gasteiger partial charge in [0.2, 0.25) is 0 Å². The van der Waals surface area contributed by atoms with Gasteiger partial charge in [-0.2, -0.15) is 5.26 Å². The van der Waals surface area contributed by atoms with Crippen LogP contribution in [0.5, 0.6) is 0 Å². The molecule has 1 amide bonds. The number of primary amides is 1. The largest absolute Gasteiger partial charge is 0.365 e. The third-order valence-electron chi connectivity index (χ3n) is 2.62. The van der Waals surface area contributed by atoms with Crippen LogP contribution in [-0.2, 0) is 4.79 Å². The van der Waals surface area contributed by atoms with Crippen LogP contribution in [0.3, 0.4) is 0 Å². The number of rotatable bonds is 5. The van der Waals surface area contributed by atoms with Crippen LogP contribution in [0.1, 0.15) is 5.56 Å². The first kappa shape index (κ1) is 16.1. The highest BCUT2D eigenvalue weighted by atomic mass is 32.2. The molecule has 0 aliphatic rings. The van der Waals surface area contributed by atoms with Gasteiger partial charge >= 0.3 is 0 Å². The molecule has 1 heterocycles. The summed E-state index contributed by atoms with van der Waals surface area (Å²) in [6.07, 6.45) is 4.26. The summed E-state index contributed by atoms with van der Waals surface area (Å²) in [4.78, 5) is 30.0. The molecule has 2 N–H and O–H groups in total. The number of nitro benzene ring substituents is 1. The summed E-state index contributed by atoms with van der Waals surface area (Å²) in [5.74, 6) is -0.897. The van der Waals surface area contributed by atoms with Crippen LogP contribution in [0.4, 0.5) is 5.69 Å². The van der Waals surface area contributed by atoms with Crippen LogP contribution in [0.2, 0.25) is 0 Å². The van der Waals surface area contributed by atoms with Crippen LogP contribution in [0.15, 0.2) is 52.3 Å². The highest BCUT2D eigenvalue weighted by Crippen LogP contribution is 2.33. The monoisotopic (exact) mass is 327 g/mol. The van der Waals surface area contributed by atoms with E-state index < -0.39 is 10.8 Å². The Morgan fingerprint density at radius 3 is 2.65 bits per heavy atom. The second-order valence-corrected chi connectivity index (χ2v) is 5.16. The second-order valence-electron chi connectivity index (χ2n) is 4.15. The number of hydrogen-bond donors (Lipinski definition) is 1. The maximum atomic E-state index is 11.2. The van der Waals surface area contributed by atoms with E-state index in [2.05, 4.69) is 9.97 Å². The minimum Gasteiger partial charge on any atom is -0.365 e. The lowest BCUT2D eigenvalue weighted by Gasteiger charge is -2.03. The van der Waals surface area contributed by atoms with Gasteiger partial charge in [-0.25, -0.2) is 9.97 Å². The molecule has 0 bridgehead atoms. The number of nitro groups is 1. The number of carbonyl (C=O) groups excluding carboxylic acids is 1. The summed E-state index contributed by atoms with van der Waals surface area (Å²) in [6, 6.07) is 7.58. The van der Waals surface area contributed by atoms with E-state index in [0.29, 0.717) is 15.6 Å². The molecule has 0 radical (unpaired) electrons. The van der Waals surface area contributed by atoms with Gasteiger partial charge in [-0.15, -0.1) is 0 Å². The van der Waals surface area contributed by atoms with Crippen LogP contribution < -0.4 is 5.73 Å². The Hall–Kier alpha value is -3.25. The number of nitriles is 1. The van der Waals surface area contributed by atoms with E-state index in [1.807, 2.05) is 0 Å². The summed E-state index contributed by atoms with van der Waals surface area (Å²) in [6.45, 7) is 0. The smallest absolute Gasteiger partial charge is 0.283 e. The molecule has 0 aliphatic carbocycles. The Balaban J connectivity index is 2.42. The fraction of sp³-hybridized carbons (Fsp3) is 0. The number of benzene rings is 1. The molecule has 0 atom stereocenters. The summed E-state index contributed by atoms with van der Waals surface area (Å²) in [5.41, 5.74) is 4.90. The van der Waals surface area contributed by atoms with Crippen molar-refractivity contribution in [3.05, 3.63) is 57.9 Å². The average molecular weight is 327 g/mol. The summed E-state index contributed by atoms with van der Waals surface area (Å²) < 4.78 is 0. The Labute approximate surface area is 134 Å². The highest BCUT2D eigenvalue weighted by molar-refractivity contribution is 7.99. The molecular weight excluding hydrogens is 318 g/mol. The molecule has 114 valence electrons. The van der Waals surface area contributed by atoms with Gasteiger partial charge in [0.05, 0.1) is 9.82 Å². The molecule has 1 aromatic heterocycles. The number of carbonyl (C=O) groups is 1. The zero-order valence-corrected chi connectivity index (χ0v) is 12.4. The van der Waals surface area contributed by atoms with Crippen LogP contribution in [0, 0.1) is 21.4 Å². The van der Waals surface area contributed by atoms with Gasteiger partial charge in [0.1, 0.15) is 11.6 Å². The molecule has 2 aromatic rings. The first-order chi connectivity index (χ1) is 11.0. The number of amides is 1. The van der Waals surface area contributed by atoms with Crippen molar-refractivity contribution in [2.75, 3.05) is 0 Å². The van der Waals surface area contributed by atoms with Gasteiger partial charge in [0.15, 0.2) is 5.16 Å². The highest BCUT2D eigenvalue weighted by Gasteiger charge is 2.17. The van der Waals surface area contributed by atoms with E-state index in [9.17, 15) is 14.9 Å². The first-order valence-electron chi connectivity index (χ1n) is 6.16. The molecule has 0 saturated carbocycles. The summed E-state index contributed by atoms with van der Waals surface area (Å²) >= 11 is 1.04. The molecule has 0 spiro atoms. The van der Waals surface area contributed by atoms with Crippen molar-refractivity contribution in [2.45, 2.75) is 10.1 Å². The SMILES string of the molecule is N#CC(=Cc1ccc(Sc2ncccn2)c([N+](=O)[O-])c1)C(N)=O. The van der Waals surface area contributed by atoms with Gasteiger partial charge in [-0.1, -0.05) is 6.07 Å². The van der Waals surface area contributed by atoms with Crippen LogP contribution in [-0.4, -0.2) is 20.8 Å². The van der Waals surface area contributed by atoms with Gasteiger partial charge in [-0.3, -0.25) is 14.9 Å². The number of nitrogens with zero attached hydrogens (tertiary/aromatic N) is 4. The predicted octanol–water partition coefficient (Wildman–Crippen LogP) is 1.93. The van der Waals surface area contributed by atoms with Crippen molar-refractivity contribution in [2.24, 2.45) is 5.73 Å². The molecule has 8 nitrogen and oxygen atoms in total. The maximum absolute atomic E-state index is 11.2. The Bertz CT molecular complexity index is 830. The normalized spacial score (nSPS) is 10.8. The van der Waals surface area contributed by atoms with Crippen molar-refractivity contribution in [1.29, 1.82) is 5.26 Å². The predicted molar refractivity (Wildman–Crippen MR) is 82.0 cm³/mol. The van der Waals surface area contributed by atoms with Crippen molar-refractivity contribution in [1.82, 2.24) is 9.97 Å². The van der Waals surface area contributed by atoms with Crippen molar-refractivity contribution >= 4 is 29.4 Å². The zero-order chi connectivity index (χ0) is 16.8. The molecule has 2 rings (SSSR count). The van der Waals surface area contributed by atoms with Crippen LogP contribution in [0.25, 0.3) is 6.08 Å². The lowest BCUT2D eigenvalue weighted by molar-refractivity contribution is -0.387. The van der Waals surface area contributed by atoms with Crippen molar-refractivity contribution in [3.63, 3.8) is 0 Å². The van der Waals surface area contributed by atoms with Crippen molar-refractivity contribution in [3.8, 4) is 6.07 Å². The quantitative estimate of drug-likeness (QED) is 0.291. The van der Waals surface area contributed by atoms with Gasteiger partial charge in [-0.05, 0) is 35.5 Å². The minimum atomic E-state index is -0.897. The Kier molecular flexibility index (Phi) is 5.01. The average Bonchev–Trinajstić information content (AvgIpc) is 2.54. The zero-order valence-electron chi connectivity index (χ0n) is 11.5. The fourth-order valence-corrected chi connectivity index (χ4v) is 2.41. The van der Waals surface area contributed by atoms with Gasteiger partial charge < -0.3 is 5.73 Å². The van der Waals surface area contributed by atoms with E-state index in [-0.39, 0.29) is 11.3 Å². The second kappa shape index (κ2) is 7.15.